The van der Waals surface area contributed by atoms with E-state index in [0.29, 0.717) is 33.1 Å². The molecule has 0 saturated carbocycles. The predicted octanol–water partition coefficient (Wildman–Crippen LogP) is 1.91. The minimum atomic E-state index is -1.17. The van der Waals surface area contributed by atoms with Gasteiger partial charge >= 0.3 is 0 Å². The molecular formula is C20H18ClN5O4. The maximum atomic E-state index is 10.6. The fraction of sp³-hybridized carbons (Fsp3) is 0.250. The van der Waals surface area contributed by atoms with Crippen LogP contribution < -0.4 is 10.5 Å². The van der Waals surface area contributed by atoms with Crippen LogP contribution in [0.15, 0.2) is 49.1 Å². The van der Waals surface area contributed by atoms with Crippen molar-refractivity contribution in [2.75, 3.05) is 12.3 Å². The number of nitrogens with zero attached hydrogens (tertiary/aromatic N) is 4. The lowest BCUT2D eigenvalue weighted by Crippen LogP contribution is -2.34. The van der Waals surface area contributed by atoms with Crippen molar-refractivity contribution in [1.82, 2.24) is 19.5 Å². The summed E-state index contributed by atoms with van der Waals surface area (Å²) in [4.78, 5) is 12.4. The van der Waals surface area contributed by atoms with Gasteiger partial charge in [-0.1, -0.05) is 11.6 Å². The Kier molecular flexibility index (Phi) is 4.67. The highest BCUT2D eigenvalue weighted by Gasteiger charge is 2.44. The number of fused-ring (bicyclic) bond motifs is 2. The number of pyridine rings is 1. The van der Waals surface area contributed by atoms with E-state index in [9.17, 15) is 10.2 Å². The first-order valence-corrected chi connectivity index (χ1v) is 9.66. The molecule has 10 heteroatoms. The Morgan fingerprint density at radius 3 is 2.87 bits per heavy atom. The van der Waals surface area contributed by atoms with Crippen molar-refractivity contribution < 1.29 is 19.7 Å². The molecule has 4 aromatic rings. The molecule has 1 aliphatic rings. The monoisotopic (exact) mass is 427 g/mol. The Labute approximate surface area is 175 Å². The largest absolute Gasteiger partial charge is 0.491 e. The molecule has 30 heavy (non-hydrogen) atoms. The van der Waals surface area contributed by atoms with E-state index in [1.807, 2.05) is 12.1 Å². The van der Waals surface area contributed by atoms with Crippen molar-refractivity contribution >= 4 is 39.4 Å². The number of aromatic nitrogens is 4. The number of benzene rings is 1. The zero-order valence-electron chi connectivity index (χ0n) is 15.6. The summed E-state index contributed by atoms with van der Waals surface area (Å²) in [6.07, 6.45) is 0.763. The third-order valence-corrected chi connectivity index (χ3v) is 5.52. The highest BCUT2D eigenvalue weighted by atomic mass is 35.5. The lowest BCUT2D eigenvalue weighted by Gasteiger charge is -2.17. The number of nitrogen functional groups attached to an aromatic ring is 1. The van der Waals surface area contributed by atoms with Gasteiger partial charge in [-0.3, -0.25) is 4.98 Å². The van der Waals surface area contributed by atoms with Crippen LogP contribution in [-0.2, 0) is 4.74 Å². The van der Waals surface area contributed by atoms with E-state index in [-0.39, 0.29) is 6.61 Å². The van der Waals surface area contributed by atoms with Crippen molar-refractivity contribution in [1.29, 1.82) is 0 Å². The summed E-state index contributed by atoms with van der Waals surface area (Å²) in [7, 11) is 0. The molecule has 0 spiro atoms. The zero-order valence-corrected chi connectivity index (χ0v) is 16.3. The molecular weight excluding hydrogens is 410 g/mol. The van der Waals surface area contributed by atoms with Crippen molar-refractivity contribution in [2.45, 2.75) is 24.5 Å². The number of hydrogen-bond donors (Lipinski definition) is 3. The van der Waals surface area contributed by atoms with Crippen LogP contribution in [-0.4, -0.2) is 54.7 Å². The molecule has 0 radical (unpaired) electrons. The highest BCUT2D eigenvalue weighted by molar-refractivity contribution is 6.35. The number of rotatable bonds is 4. The molecule has 0 bridgehead atoms. The molecule has 4 atom stereocenters. The van der Waals surface area contributed by atoms with Crippen LogP contribution in [0.4, 0.5) is 5.82 Å². The van der Waals surface area contributed by atoms with Gasteiger partial charge in [0.15, 0.2) is 6.23 Å². The lowest BCUT2D eigenvalue weighted by molar-refractivity contribution is -0.0471. The summed E-state index contributed by atoms with van der Waals surface area (Å²) in [6, 6.07) is 8.86. The second-order valence-electron chi connectivity index (χ2n) is 7.05. The van der Waals surface area contributed by atoms with Gasteiger partial charge < -0.3 is 30.0 Å². The average Bonchev–Trinajstić information content (AvgIpc) is 3.29. The smallest absolute Gasteiger partial charge is 0.164 e. The third kappa shape index (κ3) is 3.12. The van der Waals surface area contributed by atoms with Crippen molar-refractivity contribution in [3.63, 3.8) is 0 Å². The van der Waals surface area contributed by atoms with Gasteiger partial charge in [0.2, 0.25) is 0 Å². The molecule has 3 aromatic heterocycles. The SMILES string of the molecule is Nc1ncnc2c1ccn2[C@@H]1O[C@H](COc2cc(Cl)c3cccnc3c2)[C@@H](O)[C@H]1O. The van der Waals surface area contributed by atoms with E-state index in [4.69, 9.17) is 26.8 Å². The van der Waals surface area contributed by atoms with Gasteiger partial charge in [0, 0.05) is 23.8 Å². The van der Waals surface area contributed by atoms with Crippen LogP contribution in [0.5, 0.6) is 5.75 Å². The normalized spacial score (nSPS) is 24.0. The number of halogens is 1. The maximum Gasteiger partial charge on any atom is 0.164 e. The zero-order chi connectivity index (χ0) is 20.8. The quantitative estimate of drug-likeness (QED) is 0.450. The summed E-state index contributed by atoms with van der Waals surface area (Å²) < 4.78 is 13.3. The molecule has 5 rings (SSSR count). The fourth-order valence-electron chi connectivity index (χ4n) is 3.67. The fourth-order valence-corrected chi connectivity index (χ4v) is 3.94. The molecule has 4 N–H and O–H groups in total. The molecule has 1 aliphatic heterocycles. The number of anilines is 1. The third-order valence-electron chi connectivity index (χ3n) is 5.21. The molecule has 154 valence electrons. The van der Waals surface area contributed by atoms with Crippen LogP contribution in [0, 0.1) is 0 Å². The molecule has 1 saturated heterocycles. The number of aliphatic hydroxyl groups excluding tert-OH is 2. The highest BCUT2D eigenvalue weighted by Crippen LogP contribution is 2.34. The number of aliphatic hydroxyl groups is 2. The van der Waals surface area contributed by atoms with E-state index in [2.05, 4.69) is 15.0 Å². The summed E-state index contributed by atoms with van der Waals surface area (Å²) in [5, 5.41) is 23.0. The molecule has 4 heterocycles. The van der Waals surface area contributed by atoms with E-state index in [1.54, 1.807) is 35.2 Å². The second-order valence-corrected chi connectivity index (χ2v) is 7.46. The second kappa shape index (κ2) is 7.37. The van der Waals surface area contributed by atoms with Gasteiger partial charge in [-0.2, -0.15) is 0 Å². The van der Waals surface area contributed by atoms with Crippen LogP contribution >= 0.6 is 11.6 Å². The molecule has 0 amide bonds. The number of nitrogens with two attached hydrogens (primary N) is 1. The molecule has 1 aromatic carbocycles. The van der Waals surface area contributed by atoms with E-state index in [1.165, 1.54) is 6.33 Å². The standard InChI is InChI=1S/C20H18ClN5O4/c21-13-6-10(7-14-11(13)2-1-4-23-14)29-8-15-16(27)17(28)20(30-15)26-5-3-12-18(22)24-9-25-19(12)26/h1-7,9,15-17,20,27-28H,8H2,(H2,22,24,25)/t15-,16-,17-,20-/m1/s1. The molecule has 9 nitrogen and oxygen atoms in total. The molecule has 1 fully saturated rings. The summed E-state index contributed by atoms with van der Waals surface area (Å²) in [5.74, 6) is 0.820. The van der Waals surface area contributed by atoms with E-state index < -0.39 is 24.5 Å². The maximum absolute atomic E-state index is 10.6. The van der Waals surface area contributed by atoms with Gasteiger partial charge in [-0.25, -0.2) is 9.97 Å². The summed E-state index contributed by atoms with van der Waals surface area (Å²) in [5.41, 5.74) is 7.07. The first-order valence-electron chi connectivity index (χ1n) is 9.28. The van der Waals surface area contributed by atoms with Crippen molar-refractivity contribution in [3.05, 3.63) is 54.1 Å². The minimum absolute atomic E-state index is 0.0136. The van der Waals surface area contributed by atoms with Gasteiger partial charge in [0.25, 0.3) is 0 Å². The van der Waals surface area contributed by atoms with Crippen LogP contribution in [0.3, 0.4) is 0 Å². The minimum Gasteiger partial charge on any atom is -0.491 e. The number of ether oxygens (including phenoxy) is 2. The Morgan fingerprint density at radius 2 is 2.00 bits per heavy atom. The Balaban J connectivity index is 1.36. The summed E-state index contributed by atoms with van der Waals surface area (Å²) >= 11 is 6.30. The predicted molar refractivity (Wildman–Crippen MR) is 110 cm³/mol. The van der Waals surface area contributed by atoms with Crippen LogP contribution in [0.25, 0.3) is 21.9 Å². The Bertz CT molecular complexity index is 1230. The lowest BCUT2D eigenvalue weighted by atomic mass is 10.1. The van der Waals surface area contributed by atoms with Crippen LogP contribution in [0.2, 0.25) is 5.02 Å². The van der Waals surface area contributed by atoms with Crippen molar-refractivity contribution in [2.24, 2.45) is 0 Å². The topological polar surface area (TPSA) is 129 Å². The summed E-state index contributed by atoms with van der Waals surface area (Å²) in [6.45, 7) is 0.0136. The number of hydrogen-bond acceptors (Lipinski definition) is 8. The van der Waals surface area contributed by atoms with Gasteiger partial charge in [0.1, 0.15) is 48.5 Å². The van der Waals surface area contributed by atoms with Crippen LogP contribution in [0.1, 0.15) is 6.23 Å². The molecule has 0 aliphatic carbocycles. The first-order chi connectivity index (χ1) is 14.5. The van der Waals surface area contributed by atoms with Gasteiger partial charge in [-0.15, -0.1) is 0 Å². The van der Waals surface area contributed by atoms with E-state index in [0.717, 1.165) is 5.39 Å². The first kappa shape index (κ1) is 19.0. The van der Waals surface area contributed by atoms with Gasteiger partial charge in [0.05, 0.1) is 15.9 Å². The Morgan fingerprint density at radius 1 is 1.13 bits per heavy atom. The van der Waals surface area contributed by atoms with Crippen molar-refractivity contribution in [3.8, 4) is 5.75 Å². The average molecular weight is 428 g/mol. The van der Waals surface area contributed by atoms with E-state index >= 15 is 0 Å². The van der Waals surface area contributed by atoms with Gasteiger partial charge in [-0.05, 0) is 24.3 Å². The Hall–Kier alpha value is -2.98. The molecule has 0 unspecified atom stereocenters.